The van der Waals surface area contributed by atoms with Crippen molar-refractivity contribution >= 4 is 45.0 Å². The maximum atomic E-state index is 13.4. The summed E-state index contributed by atoms with van der Waals surface area (Å²) in [7, 11) is 0. The summed E-state index contributed by atoms with van der Waals surface area (Å²) in [4.78, 5) is 19.6. The molecule has 0 radical (unpaired) electrons. The van der Waals surface area contributed by atoms with Crippen molar-refractivity contribution in [3.63, 3.8) is 0 Å². The molecule has 33 heavy (non-hydrogen) atoms. The van der Waals surface area contributed by atoms with Crippen LogP contribution in [-0.2, 0) is 19.4 Å². The van der Waals surface area contributed by atoms with E-state index in [0.29, 0.717) is 0 Å². The number of thiophene rings is 1. The Kier molecular flexibility index (Phi) is 5.97. The first-order chi connectivity index (χ1) is 16.2. The van der Waals surface area contributed by atoms with Crippen molar-refractivity contribution in [2.24, 2.45) is 4.99 Å². The van der Waals surface area contributed by atoms with Gasteiger partial charge in [0, 0.05) is 45.5 Å². The van der Waals surface area contributed by atoms with Crippen molar-refractivity contribution in [3.8, 4) is 0 Å². The number of aromatic nitrogens is 1. The van der Waals surface area contributed by atoms with E-state index in [4.69, 9.17) is 4.99 Å². The van der Waals surface area contributed by atoms with Gasteiger partial charge in [0.1, 0.15) is 5.00 Å². The Balaban J connectivity index is 1.57. The number of carbonyl (C=O) groups excluding carboxylic acids is 1. The van der Waals surface area contributed by atoms with E-state index >= 15 is 0 Å². The molecule has 0 atom stereocenters. The van der Waals surface area contributed by atoms with Gasteiger partial charge in [-0.15, -0.1) is 17.9 Å². The normalized spacial score (nSPS) is 13.4. The Bertz CT molecular complexity index is 1360. The van der Waals surface area contributed by atoms with Crippen LogP contribution >= 0.6 is 11.3 Å². The minimum absolute atomic E-state index is 0.0708. The van der Waals surface area contributed by atoms with Crippen molar-refractivity contribution in [3.05, 3.63) is 94.5 Å². The molecule has 0 unspecified atom stereocenters. The van der Waals surface area contributed by atoms with Crippen LogP contribution in [0.3, 0.4) is 0 Å². The van der Waals surface area contributed by atoms with Crippen molar-refractivity contribution in [1.82, 2.24) is 4.57 Å². The molecule has 1 N–H and O–H groups in total. The number of para-hydroxylation sites is 2. The van der Waals surface area contributed by atoms with Gasteiger partial charge in [0.05, 0.1) is 5.56 Å². The molecule has 1 aliphatic carbocycles. The maximum absolute atomic E-state index is 13.4. The third-order valence-electron chi connectivity index (χ3n) is 6.31. The van der Waals surface area contributed by atoms with Crippen LogP contribution in [0.15, 0.2) is 72.2 Å². The fourth-order valence-corrected chi connectivity index (χ4v) is 5.93. The zero-order valence-corrected chi connectivity index (χ0v) is 19.6. The summed E-state index contributed by atoms with van der Waals surface area (Å²) in [6, 6.07) is 18.0. The summed E-state index contributed by atoms with van der Waals surface area (Å²) in [6.45, 7) is 6.78. The number of hydrogen-bond acceptors (Lipinski definition) is 3. The van der Waals surface area contributed by atoms with E-state index in [0.717, 1.165) is 58.7 Å². The first kappa shape index (κ1) is 21.4. The Morgan fingerprint density at radius 2 is 1.88 bits per heavy atom. The Morgan fingerprint density at radius 3 is 2.70 bits per heavy atom. The van der Waals surface area contributed by atoms with Gasteiger partial charge in [-0.2, -0.15) is 0 Å². The molecule has 0 aliphatic heterocycles. The average molecular weight is 454 g/mol. The number of amides is 1. The van der Waals surface area contributed by atoms with Gasteiger partial charge < -0.3 is 9.88 Å². The number of aryl methyl sites for hydroxylation is 1. The monoisotopic (exact) mass is 453 g/mol. The van der Waals surface area contributed by atoms with Crippen LogP contribution in [0, 0.1) is 6.92 Å². The number of hydrogen-bond donors (Lipinski definition) is 1. The number of nitrogens with zero attached hydrogens (tertiary/aromatic N) is 2. The minimum atomic E-state index is -0.0708. The number of carbonyl (C=O) groups is 1. The lowest BCUT2D eigenvalue weighted by atomic mass is 9.95. The van der Waals surface area contributed by atoms with Crippen LogP contribution < -0.4 is 5.32 Å². The molecular formula is C28H27N3OS. The summed E-state index contributed by atoms with van der Waals surface area (Å²) in [5.41, 5.74) is 6.13. The van der Waals surface area contributed by atoms with Crippen LogP contribution in [0.4, 0.5) is 10.7 Å². The molecular weight excluding hydrogens is 426 g/mol. The van der Waals surface area contributed by atoms with E-state index in [2.05, 4.69) is 47.7 Å². The molecule has 4 nitrogen and oxygen atoms in total. The molecule has 5 heteroatoms. The van der Waals surface area contributed by atoms with Gasteiger partial charge in [-0.3, -0.25) is 4.79 Å². The molecule has 0 spiro atoms. The van der Waals surface area contributed by atoms with E-state index in [-0.39, 0.29) is 5.91 Å². The quantitative estimate of drug-likeness (QED) is 0.246. The van der Waals surface area contributed by atoms with E-state index in [1.165, 1.54) is 22.4 Å². The van der Waals surface area contributed by atoms with Gasteiger partial charge in [-0.25, -0.2) is 4.99 Å². The van der Waals surface area contributed by atoms with Crippen LogP contribution in [0.5, 0.6) is 0 Å². The third kappa shape index (κ3) is 4.05. The van der Waals surface area contributed by atoms with Gasteiger partial charge in [-0.1, -0.05) is 42.5 Å². The maximum Gasteiger partial charge on any atom is 0.259 e. The lowest BCUT2D eigenvalue weighted by Gasteiger charge is -2.12. The molecule has 2 aromatic heterocycles. The smallest absolute Gasteiger partial charge is 0.259 e. The molecule has 0 saturated carbocycles. The third-order valence-corrected chi connectivity index (χ3v) is 7.51. The second-order valence-corrected chi connectivity index (χ2v) is 9.47. The van der Waals surface area contributed by atoms with Crippen LogP contribution in [0.25, 0.3) is 10.9 Å². The summed E-state index contributed by atoms with van der Waals surface area (Å²) >= 11 is 1.67. The van der Waals surface area contributed by atoms with Crippen LogP contribution in [0.2, 0.25) is 0 Å². The Labute approximate surface area is 198 Å². The highest BCUT2D eigenvalue weighted by atomic mass is 32.1. The van der Waals surface area contributed by atoms with Gasteiger partial charge in [0.15, 0.2) is 0 Å². The SMILES string of the molecule is C=CCn1c(C)c(/C=N\c2sc3c(c2C(=O)Nc2ccccc2)CCCC3)c2ccccc21. The molecule has 0 fully saturated rings. The predicted molar refractivity (Wildman–Crippen MR) is 139 cm³/mol. The fourth-order valence-electron chi connectivity index (χ4n) is 4.70. The van der Waals surface area contributed by atoms with E-state index in [9.17, 15) is 4.79 Å². The van der Waals surface area contributed by atoms with Gasteiger partial charge in [0.25, 0.3) is 5.91 Å². The van der Waals surface area contributed by atoms with E-state index in [1.807, 2.05) is 42.6 Å². The average Bonchev–Trinajstić information content (AvgIpc) is 3.34. The van der Waals surface area contributed by atoms with Gasteiger partial charge in [-0.05, 0) is 56.4 Å². The Morgan fingerprint density at radius 1 is 1.12 bits per heavy atom. The molecule has 0 bridgehead atoms. The van der Waals surface area contributed by atoms with Crippen molar-refractivity contribution in [1.29, 1.82) is 0 Å². The lowest BCUT2D eigenvalue weighted by molar-refractivity contribution is 0.102. The molecule has 5 rings (SSSR count). The fraction of sp³-hybridized carbons (Fsp3) is 0.214. The largest absolute Gasteiger partial charge is 0.340 e. The number of benzene rings is 2. The topological polar surface area (TPSA) is 46.4 Å². The molecule has 0 saturated heterocycles. The second-order valence-electron chi connectivity index (χ2n) is 8.38. The van der Waals surface area contributed by atoms with Gasteiger partial charge >= 0.3 is 0 Å². The minimum Gasteiger partial charge on any atom is -0.340 e. The van der Waals surface area contributed by atoms with Gasteiger partial charge in [0.2, 0.25) is 0 Å². The van der Waals surface area contributed by atoms with Crippen molar-refractivity contribution < 1.29 is 4.79 Å². The number of allylic oxidation sites excluding steroid dienone is 1. The molecule has 2 heterocycles. The molecule has 1 aliphatic rings. The zero-order valence-electron chi connectivity index (χ0n) is 18.8. The first-order valence-electron chi connectivity index (χ1n) is 11.4. The number of aliphatic imine (C=N–C) groups is 1. The van der Waals surface area contributed by atoms with Crippen LogP contribution in [-0.4, -0.2) is 16.7 Å². The highest BCUT2D eigenvalue weighted by molar-refractivity contribution is 7.16. The number of nitrogens with one attached hydrogen (secondary N) is 1. The number of rotatable bonds is 6. The van der Waals surface area contributed by atoms with E-state index in [1.54, 1.807) is 11.3 Å². The van der Waals surface area contributed by atoms with Crippen molar-refractivity contribution in [2.75, 3.05) is 5.32 Å². The molecule has 2 aromatic carbocycles. The highest BCUT2D eigenvalue weighted by Crippen LogP contribution is 2.40. The first-order valence-corrected chi connectivity index (χ1v) is 12.2. The second kappa shape index (κ2) is 9.20. The van der Waals surface area contributed by atoms with Crippen LogP contribution in [0.1, 0.15) is 44.9 Å². The standard InChI is InChI=1S/C28H27N3OS/c1-3-17-31-19(2)23(21-13-7-9-15-24(21)31)18-29-28-26(22-14-8-10-16-25(22)33-28)27(32)30-20-11-5-4-6-12-20/h3-7,9,11-13,15,18H,1,8,10,14,16-17H2,2H3,(H,30,32)/b29-18-. The molecule has 166 valence electrons. The molecule has 4 aromatic rings. The lowest BCUT2D eigenvalue weighted by Crippen LogP contribution is -2.14. The van der Waals surface area contributed by atoms with E-state index < -0.39 is 0 Å². The number of fused-ring (bicyclic) bond motifs is 2. The summed E-state index contributed by atoms with van der Waals surface area (Å²) in [6.07, 6.45) is 8.11. The molecule has 1 amide bonds. The Hall–Kier alpha value is -3.44. The summed E-state index contributed by atoms with van der Waals surface area (Å²) in [5, 5.41) is 5.04. The summed E-state index contributed by atoms with van der Waals surface area (Å²) < 4.78 is 2.26. The summed E-state index contributed by atoms with van der Waals surface area (Å²) in [5.74, 6) is -0.0708. The zero-order chi connectivity index (χ0) is 22.8. The number of anilines is 1. The highest BCUT2D eigenvalue weighted by Gasteiger charge is 2.25. The predicted octanol–water partition coefficient (Wildman–Crippen LogP) is 7.08. The van der Waals surface area contributed by atoms with Crippen molar-refractivity contribution in [2.45, 2.75) is 39.2 Å².